The maximum atomic E-state index is 7.69. The Hall–Kier alpha value is -4.34. The van der Waals surface area contributed by atoms with Gasteiger partial charge in [0.1, 0.15) is 0 Å². The number of rotatable bonds is 13. The maximum Gasteiger partial charge on any atom is 0.0856 e. The fourth-order valence-corrected chi connectivity index (χ4v) is 9.71. The van der Waals surface area contributed by atoms with Gasteiger partial charge in [0.15, 0.2) is 0 Å². The molecule has 5 aromatic carbocycles. The Morgan fingerprint density at radius 2 is 1.25 bits per heavy atom. The van der Waals surface area contributed by atoms with Gasteiger partial charge in [-0.3, -0.25) is 0 Å². The van der Waals surface area contributed by atoms with Crippen molar-refractivity contribution in [1.82, 2.24) is 0 Å². The molecule has 5 aromatic rings. The zero-order valence-electron chi connectivity index (χ0n) is 32.8. The highest BCUT2D eigenvalue weighted by atomic mass is 15.1. The average molecular weight is 704 g/mol. The molecule has 1 saturated carbocycles. The summed E-state index contributed by atoms with van der Waals surface area (Å²) in [5.74, 6) is 0. The van der Waals surface area contributed by atoms with E-state index in [1.54, 1.807) is 0 Å². The predicted octanol–water partition coefficient (Wildman–Crippen LogP) is 12.6. The van der Waals surface area contributed by atoms with Crippen molar-refractivity contribution in [2.75, 3.05) is 36.0 Å². The average Bonchev–Trinajstić information content (AvgIpc) is 3.48. The molecule has 1 unspecified atom stereocenters. The molecule has 1 fully saturated rings. The van der Waals surface area contributed by atoms with Crippen LogP contribution in [0.4, 0.5) is 11.4 Å². The lowest BCUT2D eigenvalue weighted by Crippen LogP contribution is -2.36. The van der Waals surface area contributed by atoms with Gasteiger partial charge < -0.3 is 15.5 Å². The fourth-order valence-electron chi connectivity index (χ4n) is 9.71. The predicted molar refractivity (Wildman–Crippen MR) is 230 cm³/mol. The van der Waals surface area contributed by atoms with Gasteiger partial charge in [-0.05, 0) is 119 Å². The Balaban J connectivity index is 1.45. The Kier molecular flexibility index (Phi) is 11.4. The first kappa shape index (κ1) is 37.0. The number of hydrogen-bond donors (Lipinski definition) is 1. The minimum absolute atomic E-state index is 0.00385. The van der Waals surface area contributed by atoms with Gasteiger partial charge in [-0.1, -0.05) is 138 Å². The molecular formula is C50H61N3. The molecule has 7 rings (SSSR count). The number of benzene rings is 5. The van der Waals surface area contributed by atoms with Crippen molar-refractivity contribution in [3.8, 4) is 11.1 Å². The van der Waals surface area contributed by atoms with Crippen LogP contribution >= 0.6 is 0 Å². The van der Waals surface area contributed by atoms with Crippen molar-refractivity contribution in [3.63, 3.8) is 0 Å². The molecule has 0 bridgehead atoms. The molecule has 0 heterocycles. The van der Waals surface area contributed by atoms with E-state index in [0.29, 0.717) is 0 Å². The van der Waals surface area contributed by atoms with Crippen molar-refractivity contribution in [2.24, 2.45) is 5.73 Å². The van der Waals surface area contributed by atoms with Gasteiger partial charge in [0.25, 0.3) is 0 Å². The summed E-state index contributed by atoms with van der Waals surface area (Å²) in [7, 11) is 0. The lowest BCUT2D eigenvalue weighted by molar-refractivity contribution is 0.373. The van der Waals surface area contributed by atoms with Crippen LogP contribution in [0.1, 0.15) is 120 Å². The molecule has 3 heteroatoms. The third kappa shape index (κ3) is 7.06. The van der Waals surface area contributed by atoms with E-state index in [0.717, 1.165) is 56.6 Å². The number of fused-ring (bicyclic) bond motifs is 7. The highest BCUT2D eigenvalue weighted by Gasteiger charge is 2.44. The van der Waals surface area contributed by atoms with E-state index in [2.05, 4.69) is 153 Å². The number of hydrogen-bond acceptors (Lipinski definition) is 3. The second-order valence-corrected chi connectivity index (χ2v) is 15.7. The molecule has 0 amide bonds. The summed E-state index contributed by atoms with van der Waals surface area (Å²) >= 11 is 0. The van der Waals surface area contributed by atoms with Gasteiger partial charge >= 0.3 is 0 Å². The summed E-state index contributed by atoms with van der Waals surface area (Å²) in [5.41, 5.74) is 18.9. The van der Waals surface area contributed by atoms with E-state index < -0.39 is 5.54 Å². The van der Waals surface area contributed by atoms with Gasteiger partial charge in [-0.2, -0.15) is 0 Å². The van der Waals surface area contributed by atoms with Crippen LogP contribution in [0.3, 0.4) is 0 Å². The number of nitrogens with two attached hydrogens (primary N) is 1. The SMILES string of the molecule is CCCN(CC)c1ccc(C(N)(/C=C\c2cc3cc(N(CCC)CCC)ccc3c3c2C2(CCCCCCC2)c2ccccc2-3)c2ccccc2)cc1. The molecule has 0 aromatic heterocycles. The monoisotopic (exact) mass is 703 g/mol. The molecule has 1 atom stereocenters. The van der Waals surface area contributed by atoms with Gasteiger partial charge in [-0.15, -0.1) is 0 Å². The number of anilines is 2. The minimum Gasteiger partial charge on any atom is -0.372 e. The quantitative estimate of drug-likeness (QED) is 0.132. The van der Waals surface area contributed by atoms with Crippen molar-refractivity contribution < 1.29 is 0 Å². The van der Waals surface area contributed by atoms with Crippen LogP contribution in [0.5, 0.6) is 0 Å². The molecular weight excluding hydrogens is 643 g/mol. The second-order valence-electron chi connectivity index (χ2n) is 15.7. The third-order valence-corrected chi connectivity index (χ3v) is 12.3. The Morgan fingerprint density at radius 3 is 1.92 bits per heavy atom. The Labute approximate surface area is 319 Å². The summed E-state index contributed by atoms with van der Waals surface area (Å²) in [5, 5.41) is 2.70. The van der Waals surface area contributed by atoms with Crippen LogP contribution in [0.15, 0.2) is 109 Å². The largest absolute Gasteiger partial charge is 0.372 e. The summed E-state index contributed by atoms with van der Waals surface area (Å²) in [6.45, 7) is 13.2. The molecule has 2 aliphatic rings. The van der Waals surface area contributed by atoms with Gasteiger partial charge in [0.05, 0.1) is 5.54 Å². The highest BCUT2D eigenvalue weighted by Crippen LogP contribution is 2.58. The zero-order valence-corrected chi connectivity index (χ0v) is 32.8. The molecule has 0 saturated heterocycles. The minimum atomic E-state index is -0.802. The summed E-state index contributed by atoms with van der Waals surface area (Å²) in [6.07, 6.45) is 17.0. The van der Waals surface area contributed by atoms with E-state index in [4.69, 9.17) is 5.73 Å². The smallest absolute Gasteiger partial charge is 0.0856 e. The molecule has 2 aliphatic carbocycles. The van der Waals surface area contributed by atoms with Crippen molar-refractivity contribution in [3.05, 3.63) is 137 Å². The fraction of sp³-hybridized carbons (Fsp3) is 0.400. The summed E-state index contributed by atoms with van der Waals surface area (Å²) < 4.78 is 0. The normalized spacial score (nSPS) is 16.2. The Bertz CT molecular complexity index is 2000. The van der Waals surface area contributed by atoms with Gasteiger partial charge in [0, 0.05) is 43.0 Å². The van der Waals surface area contributed by atoms with Crippen LogP contribution in [0.2, 0.25) is 0 Å². The van der Waals surface area contributed by atoms with Crippen LogP contribution in [-0.4, -0.2) is 26.2 Å². The third-order valence-electron chi connectivity index (χ3n) is 12.3. The van der Waals surface area contributed by atoms with Crippen LogP contribution in [-0.2, 0) is 11.0 Å². The first-order valence-electron chi connectivity index (χ1n) is 20.8. The molecule has 276 valence electrons. The lowest BCUT2D eigenvalue weighted by atomic mass is 9.68. The Morgan fingerprint density at radius 1 is 0.642 bits per heavy atom. The van der Waals surface area contributed by atoms with E-state index in [-0.39, 0.29) is 5.41 Å². The van der Waals surface area contributed by atoms with E-state index in [9.17, 15) is 0 Å². The topological polar surface area (TPSA) is 32.5 Å². The number of nitrogens with zero attached hydrogens (tertiary/aromatic N) is 2. The second kappa shape index (κ2) is 16.4. The van der Waals surface area contributed by atoms with Crippen LogP contribution in [0, 0.1) is 0 Å². The van der Waals surface area contributed by atoms with Crippen molar-refractivity contribution in [2.45, 2.75) is 103 Å². The van der Waals surface area contributed by atoms with Crippen LogP contribution < -0.4 is 15.5 Å². The first-order valence-corrected chi connectivity index (χ1v) is 20.8. The zero-order chi connectivity index (χ0) is 36.8. The summed E-state index contributed by atoms with van der Waals surface area (Å²) in [6, 6.07) is 38.9. The molecule has 0 aliphatic heterocycles. The highest BCUT2D eigenvalue weighted by molar-refractivity contribution is 6.05. The summed E-state index contributed by atoms with van der Waals surface area (Å²) in [4.78, 5) is 5.01. The molecule has 1 spiro atoms. The van der Waals surface area contributed by atoms with Crippen molar-refractivity contribution >= 4 is 28.2 Å². The van der Waals surface area contributed by atoms with E-state index in [1.807, 2.05) is 0 Å². The molecule has 3 nitrogen and oxygen atoms in total. The molecule has 53 heavy (non-hydrogen) atoms. The standard InChI is InChI=1S/C50H61N3/c1-5-33-52(8-4)42-25-23-41(24-26-42)50(51,40-19-13-12-14-20-40)32-29-38-36-39-37-43(53(34-6-2)35-7-3)27-28-44(39)47-45-21-15-16-22-46(45)49(48(38)47)30-17-10-9-11-18-31-49/h12-16,19-29,32,36-37H,5-11,17-18,30-31,33-35,51H2,1-4H3/b32-29-. The van der Waals surface area contributed by atoms with E-state index in [1.165, 1.54) is 94.9 Å². The maximum absolute atomic E-state index is 7.69. The first-order chi connectivity index (χ1) is 26.0. The molecule has 0 radical (unpaired) electrons. The molecule has 2 N–H and O–H groups in total. The van der Waals surface area contributed by atoms with Gasteiger partial charge in [-0.25, -0.2) is 0 Å². The van der Waals surface area contributed by atoms with Crippen LogP contribution in [0.25, 0.3) is 28.0 Å². The van der Waals surface area contributed by atoms with Crippen molar-refractivity contribution in [1.29, 1.82) is 0 Å². The van der Waals surface area contributed by atoms with Gasteiger partial charge in [0.2, 0.25) is 0 Å². The lowest BCUT2D eigenvalue weighted by Gasteiger charge is -2.35. The van der Waals surface area contributed by atoms with E-state index >= 15 is 0 Å².